The molecule has 0 spiro atoms. The first-order chi connectivity index (χ1) is 13.8. The van der Waals surface area contributed by atoms with Crippen LogP contribution in [0.25, 0.3) is 11.1 Å². The number of hydrogen-bond donors (Lipinski definition) is 2. The Morgan fingerprint density at radius 3 is 2.41 bits per heavy atom. The zero-order valence-corrected chi connectivity index (χ0v) is 17.4. The fourth-order valence-electron chi connectivity index (χ4n) is 3.88. The summed E-state index contributed by atoms with van der Waals surface area (Å²) in [6.07, 6.45) is -0.0243. The van der Waals surface area contributed by atoms with Crippen LogP contribution in [-0.2, 0) is 16.1 Å². The molecule has 0 saturated carbocycles. The van der Waals surface area contributed by atoms with Crippen LogP contribution in [0.4, 0.5) is 10.5 Å². The summed E-state index contributed by atoms with van der Waals surface area (Å²) in [5, 5.41) is 2.98. The third-order valence-corrected chi connectivity index (χ3v) is 5.18. The molecule has 6 nitrogen and oxygen atoms in total. The van der Waals surface area contributed by atoms with Gasteiger partial charge in [0.1, 0.15) is 0 Å². The van der Waals surface area contributed by atoms with E-state index in [4.69, 9.17) is 10.5 Å². The minimum atomic E-state index is -0.447. The Kier molecular flexibility index (Phi) is 6.23. The van der Waals surface area contributed by atoms with E-state index in [1.54, 1.807) is 11.8 Å². The van der Waals surface area contributed by atoms with E-state index < -0.39 is 6.09 Å². The number of alkyl carbamates (subject to hydrolysis) is 1. The minimum absolute atomic E-state index is 0.0120. The lowest BCUT2D eigenvalue weighted by atomic mass is 9.89. The molecule has 29 heavy (non-hydrogen) atoms. The Balaban J connectivity index is 2.00. The Hall–Kier alpha value is -2.86. The van der Waals surface area contributed by atoms with Crippen molar-refractivity contribution in [3.63, 3.8) is 0 Å². The first-order valence-corrected chi connectivity index (χ1v) is 10.0. The second kappa shape index (κ2) is 8.66. The third-order valence-electron chi connectivity index (χ3n) is 5.18. The van der Waals surface area contributed by atoms with E-state index in [1.165, 1.54) is 0 Å². The van der Waals surface area contributed by atoms with Gasteiger partial charge in [-0.2, -0.15) is 0 Å². The molecule has 0 radical (unpaired) electrons. The van der Waals surface area contributed by atoms with E-state index in [0.29, 0.717) is 13.0 Å². The lowest BCUT2D eigenvalue weighted by molar-refractivity contribution is -0.117. The standard InChI is InChI=1S/C23H29N3O3/c1-14(2)29-23(28)25-21-11-15(3)26(16(4)27)22-10-9-19(12-20(21)22)18-7-5-17(13-24)6-8-18/h5-10,12,14-15,21H,11,13,24H2,1-4H3,(H,25,28)/t15-,21+/m1/s1. The van der Waals surface area contributed by atoms with E-state index in [0.717, 1.165) is 27.9 Å². The second-order valence-corrected chi connectivity index (χ2v) is 7.80. The van der Waals surface area contributed by atoms with Crippen LogP contribution in [0.3, 0.4) is 0 Å². The highest BCUT2D eigenvalue weighted by Gasteiger charge is 2.33. The number of fused-ring (bicyclic) bond motifs is 1. The van der Waals surface area contributed by atoms with Gasteiger partial charge >= 0.3 is 6.09 Å². The van der Waals surface area contributed by atoms with Gasteiger partial charge in [0, 0.05) is 25.2 Å². The maximum atomic E-state index is 12.3. The Labute approximate surface area is 172 Å². The van der Waals surface area contributed by atoms with Crippen molar-refractivity contribution in [1.82, 2.24) is 5.32 Å². The second-order valence-electron chi connectivity index (χ2n) is 7.80. The van der Waals surface area contributed by atoms with Crippen molar-refractivity contribution in [2.45, 2.75) is 58.8 Å². The number of nitrogens with zero attached hydrogens (tertiary/aromatic N) is 1. The predicted molar refractivity (Wildman–Crippen MR) is 115 cm³/mol. The van der Waals surface area contributed by atoms with E-state index >= 15 is 0 Å². The molecule has 0 bridgehead atoms. The molecular formula is C23H29N3O3. The minimum Gasteiger partial charge on any atom is -0.447 e. The molecule has 2 aromatic rings. The van der Waals surface area contributed by atoms with Crippen LogP contribution >= 0.6 is 0 Å². The molecule has 0 aromatic heterocycles. The average Bonchev–Trinajstić information content (AvgIpc) is 2.67. The summed E-state index contributed by atoms with van der Waals surface area (Å²) >= 11 is 0. The van der Waals surface area contributed by atoms with Crippen molar-refractivity contribution in [2.24, 2.45) is 5.73 Å². The van der Waals surface area contributed by atoms with Gasteiger partial charge in [0.15, 0.2) is 0 Å². The summed E-state index contributed by atoms with van der Waals surface area (Å²) in [4.78, 5) is 26.3. The molecule has 6 heteroatoms. The predicted octanol–water partition coefficient (Wildman–Crippen LogP) is 4.13. The van der Waals surface area contributed by atoms with Gasteiger partial charge in [-0.25, -0.2) is 4.79 Å². The van der Waals surface area contributed by atoms with Crippen molar-refractivity contribution in [2.75, 3.05) is 4.90 Å². The van der Waals surface area contributed by atoms with Crippen LogP contribution in [-0.4, -0.2) is 24.1 Å². The zero-order valence-electron chi connectivity index (χ0n) is 17.4. The Morgan fingerprint density at radius 2 is 1.83 bits per heavy atom. The lowest BCUT2D eigenvalue weighted by Gasteiger charge is -2.39. The van der Waals surface area contributed by atoms with Gasteiger partial charge in [0.25, 0.3) is 0 Å². The number of rotatable bonds is 4. The number of nitrogens with two attached hydrogens (primary N) is 1. The molecule has 0 saturated heterocycles. The molecule has 2 aromatic carbocycles. The summed E-state index contributed by atoms with van der Waals surface area (Å²) < 4.78 is 5.28. The Morgan fingerprint density at radius 1 is 1.17 bits per heavy atom. The van der Waals surface area contributed by atoms with Gasteiger partial charge in [-0.05, 0) is 61.6 Å². The fourth-order valence-corrected chi connectivity index (χ4v) is 3.88. The largest absolute Gasteiger partial charge is 0.447 e. The van der Waals surface area contributed by atoms with Gasteiger partial charge in [-0.1, -0.05) is 30.3 Å². The highest BCUT2D eigenvalue weighted by atomic mass is 16.6. The van der Waals surface area contributed by atoms with Crippen molar-refractivity contribution < 1.29 is 14.3 Å². The SMILES string of the molecule is CC(=O)N1c2ccc(-c3ccc(CN)cc3)cc2[C@@H](NC(=O)OC(C)C)C[C@H]1C. The molecule has 1 aliphatic heterocycles. The van der Waals surface area contributed by atoms with Crippen molar-refractivity contribution in [1.29, 1.82) is 0 Å². The van der Waals surface area contributed by atoms with Crippen LogP contribution < -0.4 is 16.0 Å². The van der Waals surface area contributed by atoms with Gasteiger partial charge < -0.3 is 20.7 Å². The monoisotopic (exact) mass is 395 g/mol. The summed E-state index contributed by atoms with van der Waals surface area (Å²) in [7, 11) is 0. The van der Waals surface area contributed by atoms with Crippen molar-refractivity contribution in [3.05, 3.63) is 53.6 Å². The van der Waals surface area contributed by atoms with Gasteiger partial charge in [-0.15, -0.1) is 0 Å². The lowest BCUT2D eigenvalue weighted by Crippen LogP contribution is -2.45. The molecule has 0 aliphatic carbocycles. The number of amides is 2. The average molecular weight is 396 g/mol. The number of ether oxygens (including phenoxy) is 1. The molecule has 1 aliphatic rings. The first-order valence-electron chi connectivity index (χ1n) is 10.0. The van der Waals surface area contributed by atoms with E-state index in [-0.39, 0.29) is 24.1 Å². The van der Waals surface area contributed by atoms with E-state index in [9.17, 15) is 9.59 Å². The van der Waals surface area contributed by atoms with Crippen LogP contribution in [0.5, 0.6) is 0 Å². The van der Waals surface area contributed by atoms with Crippen LogP contribution in [0, 0.1) is 0 Å². The van der Waals surface area contributed by atoms with Crippen molar-refractivity contribution >= 4 is 17.7 Å². The molecule has 0 unspecified atom stereocenters. The number of carbonyl (C=O) groups is 2. The third kappa shape index (κ3) is 4.59. The van der Waals surface area contributed by atoms with Crippen LogP contribution in [0.15, 0.2) is 42.5 Å². The maximum Gasteiger partial charge on any atom is 0.407 e. The Bertz CT molecular complexity index is 893. The van der Waals surface area contributed by atoms with Crippen LogP contribution in [0.2, 0.25) is 0 Å². The topological polar surface area (TPSA) is 84.7 Å². The molecule has 1 heterocycles. The maximum absolute atomic E-state index is 12.3. The molecular weight excluding hydrogens is 366 g/mol. The number of hydrogen-bond acceptors (Lipinski definition) is 4. The van der Waals surface area contributed by atoms with Crippen molar-refractivity contribution in [3.8, 4) is 11.1 Å². The van der Waals surface area contributed by atoms with E-state index in [2.05, 4.69) is 11.4 Å². The smallest absolute Gasteiger partial charge is 0.407 e. The number of benzene rings is 2. The van der Waals surface area contributed by atoms with Crippen LogP contribution in [0.1, 0.15) is 51.3 Å². The number of carbonyl (C=O) groups excluding carboxylic acids is 2. The summed E-state index contributed by atoms with van der Waals surface area (Å²) in [6.45, 7) is 7.70. The highest BCUT2D eigenvalue weighted by Crippen LogP contribution is 2.39. The van der Waals surface area contributed by atoms with E-state index in [1.807, 2.05) is 57.2 Å². The van der Waals surface area contributed by atoms with Gasteiger partial charge in [-0.3, -0.25) is 4.79 Å². The first kappa shape index (κ1) is 20.9. The normalized spacial score (nSPS) is 18.3. The molecule has 0 fully saturated rings. The summed E-state index contributed by atoms with van der Waals surface area (Å²) in [5.41, 5.74) is 10.6. The molecule has 3 rings (SSSR count). The highest BCUT2D eigenvalue weighted by molar-refractivity contribution is 5.94. The molecule has 154 valence electrons. The summed E-state index contributed by atoms with van der Waals surface area (Å²) in [6, 6.07) is 13.8. The summed E-state index contributed by atoms with van der Waals surface area (Å²) in [5.74, 6) is -0.0120. The fraction of sp³-hybridized carbons (Fsp3) is 0.391. The molecule has 2 atom stereocenters. The van der Waals surface area contributed by atoms with Gasteiger partial charge in [0.2, 0.25) is 5.91 Å². The number of nitrogens with one attached hydrogen (secondary N) is 1. The number of anilines is 1. The van der Waals surface area contributed by atoms with Gasteiger partial charge in [0.05, 0.1) is 12.1 Å². The quantitative estimate of drug-likeness (QED) is 0.815. The zero-order chi connectivity index (χ0) is 21.1. The molecule has 3 N–H and O–H groups in total. The molecule has 2 amide bonds.